The number of benzene rings is 1. The first-order valence-corrected chi connectivity index (χ1v) is 8.55. The minimum Gasteiger partial charge on any atom is -0.508 e. The molecule has 0 aliphatic heterocycles. The quantitative estimate of drug-likeness (QED) is 0.764. The first-order chi connectivity index (χ1) is 10.1. The van der Waals surface area contributed by atoms with Crippen LogP contribution in [0.25, 0.3) is 0 Å². The van der Waals surface area contributed by atoms with Crippen LogP contribution in [0, 0.1) is 22.7 Å². The Bertz CT molecular complexity index is 624. The van der Waals surface area contributed by atoms with Gasteiger partial charge in [0.05, 0.1) is 6.10 Å². The number of hydrogen-bond donors (Lipinski definition) is 2. The Hall–Kier alpha value is -1.02. The first kappa shape index (κ1) is 12.5. The maximum absolute atomic E-state index is 10.4. The number of aryl methyl sites for hydroxylation is 1. The smallest absolute Gasteiger partial charge is 0.115 e. The zero-order valence-corrected chi connectivity index (χ0v) is 12.7. The van der Waals surface area contributed by atoms with E-state index in [1.807, 2.05) is 12.1 Å². The van der Waals surface area contributed by atoms with Crippen molar-refractivity contribution in [2.24, 2.45) is 22.7 Å². The van der Waals surface area contributed by atoms with Crippen LogP contribution in [0.4, 0.5) is 0 Å². The number of hydrogen-bond acceptors (Lipinski definition) is 2. The van der Waals surface area contributed by atoms with E-state index in [-0.39, 0.29) is 6.10 Å². The van der Waals surface area contributed by atoms with E-state index in [0.717, 1.165) is 18.8 Å². The van der Waals surface area contributed by atoms with E-state index in [1.165, 1.54) is 36.8 Å². The van der Waals surface area contributed by atoms with Crippen molar-refractivity contribution < 1.29 is 10.2 Å². The molecule has 0 unspecified atom stereocenters. The van der Waals surface area contributed by atoms with Crippen molar-refractivity contribution in [3.8, 4) is 5.75 Å². The van der Waals surface area contributed by atoms with E-state index in [1.54, 1.807) is 0 Å². The summed E-state index contributed by atoms with van der Waals surface area (Å²) in [7, 11) is 0. The van der Waals surface area contributed by atoms with Gasteiger partial charge in [-0.2, -0.15) is 0 Å². The summed E-state index contributed by atoms with van der Waals surface area (Å²) in [4.78, 5) is 0. The molecule has 4 aliphatic carbocycles. The van der Waals surface area contributed by atoms with Crippen molar-refractivity contribution >= 4 is 0 Å². The number of aromatic hydroxyl groups is 1. The molecule has 0 amide bonds. The Kier molecular flexibility index (Phi) is 2.18. The molecule has 3 fully saturated rings. The highest BCUT2D eigenvalue weighted by Crippen LogP contribution is 2.81. The van der Waals surface area contributed by atoms with E-state index < -0.39 is 0 Å². The van der Waals surface area contributed by atoms with Crippen molar-refractivity contribution in [3.63, 3.8) is 0 Å². The van der Waals surface area contributed by atoms with Crippen LogP contribution >= 0.6 is 0 Å². The Morgan fingerprint density at radius 1 is 1.14 bits per heavy atom. The highest BCUT2D eigenvalue weighted by Gasteiger charge is 2.76. The molecule has 1 aromatic rings. The van der Waals surface area contributed by atoms with Gasteiger partial charge in [0.25, 0.3) is 0 Å². The summed E-state index contributed by atoms with van der Waals surface area (Å²) < 4.78 is 0. The summed E-state index contributed by atoms with van der Waals surface area (Å²) in [5.74, 6) is 2.41. The number of phenols is 1. The highest BCUT2D eigenvalue weighted by atomic mass is 16.3. The molecule has 0 heterocycles. The Morgan fingerprint density at radius 3 is 2.81 bits per heavy atom. The fraction of sp³-hybridized carbons (Fsp3) is 0.684. The molecule has 2 N–H and O–H groups in total. The maximum atomic E-state index is 10.4. The van der Waals surface area contributed by atoms with Gasteiger partial charge in [0.2, 0.25) is 0 Å². The molecular weight excluding hydrogens is 260 g/mol. The van der Waals surface area contributed by atoms with Crippen LogP contribution in [0.5, 0.6) is 5.75 Å². The summed E-state index contributed by atoms with van der Waals surface area (Å²) in [6.45, 7) is 2.45. The van der Waals surface area contributed by atoms with Crippen LogP contribution in [-0.2, 0) is 6.42 Å². The molecule has 1 aromatic carbocycles. The van der Waals surface area contributed by atoms with Crippen molar-refractivity contribution in [2.45, 2.75) is 57.5 Å². The molecule has 0 bridgehead atoms. The molecule has 0 saturated heterocycles. The lowest BCUT2D eigenvalue weighted by atomic mass is 9.53. The normalized spacial score (nSPS) is 49.8. The SMILES string of the molecule is C[C@]12CC[C@@H]3c4ccc(O)cc4CC[C@H]3[C@@]13C[C@H]3[C@@H](O)C2. The molecule has 1 spiro atoms. The van der Waals surface area contributed by atoms with E-state index >= 15 is 0 Å². The molecule has 0 radical (unpaired) electrons. The van der Waals surface area contributed by atoms with Gasteiger partial charge in [-0.15, -0.1) is 0 Å². The van der Waals surface area contributed by atoms with Crippen molar-refractivity contribution in [3.05, 3.63) is 29.3 Å². The largest absolute Gasteiger partial charge is 0.508 e. The fourth-order valence-electron chi connectivity index (χ4n) is 6.83. The van der Waals surface area contributed by atoms with Crippen LogP contribution in [0.15, 0.2) is 18.2 Å². The van der Waals surface area contributed by atoms with Crippen molar-refractivity contribution in [1.82, 2.24) is 0 Å². The predicted molar refractivity (Wildman–Crippen MR) is 81.2 cm³/mol. The molecule has 5 rings (SSSR count). The summed E-state index contributed by atoms with van der Waals surface area (Å²) in [6.07, 6.45) is 7.13. The van der Waals surface area contributed by atoms with E-state index in [0.29, 0.717) is 28.4 Å². The lowest BCUT2D eigenvalue weighted by molar-refractivity contribution is 0.0171. The maximum Gasteiger partial charge on any atom is 0.115 e. The Labute approximate surface area is 126 Å². The van der Waals surface area contributed by atoms with Gasteiger partial charge in [-0.25, -0.2) is 0 Å². The summed E-state index contributed by atoms with van der Waals surface area (Å²) in [5.41, 5.74) is 3.68. The topological polar surface area (TPSA) is 40.5 Å². The van der Waals surface area contributed by atoms with Gasteiger partial charge in [0, 0.05) is 0 Å². The van der Waals surface area contributed by atoms with Gasteiger partial charge in [-0.1, -0.05) is 13.0 Å². The van der Waals surface area contributed by atoms with Gasteiger partial charge in [0.1, 0.15) is 5.75 Å². The van der Waals surface area contributed by atoms with E-state index in [2.05, 4.69) is 13.0 Å². The van der Waals surface area contributed by atoms with Crippen LogP contribution in [-0.4, -0.2) is 16.3 Å². The number of rotatable bonds is 0. The third kappa shape index (κ3) is 1.34. The van der Waals surface area contributed by atoms with Gasteiger partial charge < -0.3 is 10.2 Å². The zero-order chi connectivity index (χ0) is 14.4. The van der Waals surface area contributed by atoms with Gasteiger partial charge in [-0.05, 0) is 90.4 Å². The molecule has 2 heteroatoms. The lowest BCUT2D eigenvalue weighted by Gasteiger charge is -2.51. The third-order valence-electron chi connectivity index (χ3n) is 7.71. The van der Waals surface area contributed by atoms with E-state index in [4.69, 9.17) is 0 Å². The highest BCUT2D eigenvalue weighted by molar-refractivity contribution is 5.42. The number of fused-ring (bicyclic) bond motifs is 3. The molecule has 21 heavy (non-hydrogen) atoms. The minimum atomic E-state index is -0.0463. The molecule has 112 valence electrons. The average molecular weight is 284 g/mol. The molecule has 6 atom stereocenters. The van der Waals surface area contributed by atoms with Gasteiger partial charge >= 0.3 is 0 Å². The second-order valence-corrected chi connectivity index (χ2v) is 8.36. The average Bonchev–Trinajstić information content (AvgIpc) is 3.15. The van der Waals surface area contributed by atoms with Crippen LogP contribution in [0.3, 0.4) is 0 Å². The summed E-state index contributed by atoms with van der Waals surface area (Å²) in [6, 6.07) is 6.01. The van der Waals surface area contributed by atoms with Crippen molar-refractivity contribution in [2.75, 3.05) is 0 Å². The zero-order valence-electron chi connectivity index (χ0n) is 12.7. The molecule has 0 aromatic heterocycles. The number of aliphatic hydroxyl groups is 1. The third-order valence-corrected chi connectivity index (χ3v) is 7.71. The Balaban J connectivity index is 1.59. The second kappa shape index (κ2) is 3.65. The lowest BCUT2D eigenvalue weighted by Crippen LogP contribution is -2.43. The summed E-state index contributed by atoms with van der Waals surface area (Å²) in [5, 5.41) is 20.2. The van der Waals surface area contributed by atoms with E-state index in [9.17, 15) is 10.2 Å². The minimum absolute atomic E-state index is 0.0463. The number of aliphatic hydroxyl groups excluding tert-OH is 1. The molecular formula is C19H24O2. The van der Waals surface area contributed by atoms with Crippen LogP contribution < -0.4 is 0 Å². The van der Waals surface area contributed by atoms with Crippen LogP contribution in [0.2, 0.25) is 0 Å². The monoisotopic (exact) mass is 284 g/mol. The summed E-state index contributed by atoms with van der Waals surface area (Å²) >= 11 is 0. The molecule has 4 aliphatic rings. The van der Waals surface area contributed by atoms with Crippen molar-refractivity contribution in [1.29, 1.82) is 0 Å². The first-order valence-electron chi connectivity index (χ1n) is 8.55. The van der Waals surface area contributed by atoms with Crippen LogP contribution in [0.1, 0.15) is 56.1 Å². The molecule has 3 saturated carbocycles. The standard InChI is InChI=1S/C19H24O2/c1-18-7-6-14-13-4-3-12(20)8-11(13)2-5-15(14)19(18)9-16(19)17(21)10-18/h3-4,8,14-17,20-21H,2,5-7,9-10H2,1H3/t14-,15-,16+,17+,18-,19-/m1/s1. The van der Waals surface area contributed by atoms with Gasteiger partial charge in [-0.3, -0.25) is 0 Å². The fourth-order valence-corrected chi connectivity index (χ4v) is 6.83. The van der Waals surface area contributed by atoms with Gasteiger partial charge in [0.15, 0.2) is 0 Å². The number of phenolic OH excluding ortho intramolecular Hbond substituents is 1. The Morgan fingerprint density at radius 2 is 2.00 bits per heavy atom. The molecule has 2 nitrogen and oxygen atoms in total. The second-order valence-electron chi connectivity index (χ2n) is 8.36. The predicted octanol–water partition coefficient (Wildman–Crippen LogP) is 3.61.